The first-order valence-corrected chi connectivity index (χ1v) is 5.38. The zero-order valence-electron chi connectivity index (χ0n) is 7.23. The molecular formula is C10H8O2S2. The summed E-state index contributed by atoms with van der Waals surface area (Å²) in [5.41, 5.74) is 1.20. The van der Waals surface area contributed by atoms with Crippen molar-refractivity contribution in [3.8, 4) is 0 Å². The van der Waals surface area contributed by atoms with Gasteiger partial charge in [-0.2, -0.15) is 0 Å². The second-order valence-electron chi connectivity index (χ2n) is 2.94. The highest BCUT2D eigenvalue weighted by atomic mass is 32.1. The van der Waals surface area contributed by atoms with Crippen molar-refractivity contribution in [1.29, 1.82) is 0 Å². The van der Waals surface area contributed by atoms with E-state index in [0.29, 0.717) is 11.1 Å². The van der Waals surface area contributed by atoms with E-state index in [0.717, 1.165) is 21.3 Å². The molecule has 0 fully saturated rings. The summed E-state index contributed by atoms with van der Waals surface area (Å²) in [5.74, 6) is 0. The molecule has 0 aliphatic heterocycles. The van der Waals surface area contributed by atoms with Crippen LogP contribution in [0.1, 0.15) is 15.9 Å². The van der Waals surface area contributed by atoms with Crippen LogP contribution in [0, 0.1) is 0 Å². The zero-order valence-corrected chi connectivity index (χ0v) is 8.94. The molecule has 2 nitrogen and oxygen atoms in total. The number of rotatable bonds is 2. The summed E-state index contributed by atoms with van der Waals surface area (Å²) in [6.07, 6.45) is 0.760. The molecule has 2 rings (SSSR count). The van der Waals surface area contributed by atoms with Gasteiger partial charge in [0.1, 0.15) is 6.29 Å². The number of carbonyl (C=O) groups is 1. The summed E-state index contributed by atoms with van der Waals surface area (Å²) in [6.45, 7) is -0.107. The van der Waals surface area contributed by atoms with E-state index in [1.165, 1.54) is 0 Å². The first-order chi connectivity index (χ1) is 6.76. The quantitative estimate of drug-likeness (QED) is 0.607. The molecule has 1 N–H and O–H groups in total. The van der Waals surface area contributed by atoms with E-state index in [4.69, 9.17) is 5.11 Å². The SMILES string of the molecule is O=Cc1cc2c(S)csc2cc1CO. The van der Waals surface area contributed by atoms with Gasteiger partial charge in [-0.05, 0) is 17.7 Å². The fourth-order valence-electron chi connectivity index (χ4n) is 1.37. The fraction of sp³-hybridized carbons (Fsp3) is 0.100. The Balaban J connectivity index is 2.77. The van der Waals surface area contributed by atoms with Gasteiger partial charge < -0.3 is 5.11 Å². The van der Waals surface area contributed by atoms with E-state index in [2.05, 4.69) is 12.6 Å². The maximum absolute atomic E-state index is 10.7. The third-order valence-corrected chi connectivity index (χ3v) is 3.60. The Labute approximate surface area is 90.6 Å². The number of thiol groups is 1. The minimum atomic E-state index is -0.107. The highest BCUT2D eigenvalue weighted by Gasteiger charge is 2.06. The van der Waals surface area contributed by atoms with Crippen LogP contribution < -0.4 is 0 Å². The van der Waals surface area contributed by atoms with Crippen LogP contribution in [0.4, 0.5) is 0 Å². The number of aliphatic hydroxyl groups excluding tert-OH is 1. The molecule has 1 aromatic carbocycles. The highest BCUT2D eigenvalue weighted by molar-refractivity contribution is 7.80. The molecule has 72 valence electrons. The number of fused-ring (bicyclic) bond motifs is 1. The van der Waals surface area contributed by atoms with Gasteiger partial charge in [-0.1, -0.05) is 0 Å². The number of hydrogen-bond acceptors (Lipinski definition) is 4. The minimum Gasteiger partial charge on any atom is -0.392 e. The smallest absolute Gasteiger partial charge is 0.150 e. The molecule has 0 aliphatic rings. The van der Waals surface area contributed by atoms with Crippen molar-refractivity contribution in [3.05, 3.63) is 28.6 Å². The molecule has 14 heavy (non-hydrogen) atoms. The molecular weight excluding hydrogens is 216 g/mol. The molecule has 0 amide bonds. The summed E-state index contributed by atoms with van der Waals surface area (Å²) in [6, 6.07) is 3.61. The monoisotopic (exact) mass is 224 g/mol. The number of benzene rings is 1. The standard InChI is InChI=1S/C10H8O2S2/c11-3-6-1-8-9(13)5-14-10(8)2-7(6)4-12/h1-3,5,12-13H,4H2. The zero-order chi connectivity index (χ0) is 10.1. The number of aldehydes is 1. The lowest BCUT2D eigenvalue weighted by Gasteiger charge is -2.01. The number of hydrogen-bond donors (Lipinski definition) is 2. The second-order valence-corrected chi connectivity index (χ2v) is 4.34. The van der Waals surface area contributed by atoms with Crippen molar-refractivity contribution in [3.63, 3.8) is 0 Å². The van der Waals surface area contributed by atoms with Gasteiger partial charge in [0.05, 0.1) is 6.61 Å². The Morgan fingerprint density at radius 3 is 2.93 bits per heavy atom. The van der Waals surface area contributed by atoms with Crippen molar-refractivity contribution in [1.82, 2.24) is 0 Å². The molecule has 0 bridgehead atoms. The van der Waals surface area contributed by atoms with Crippen molar-refractivity contribution >= 4 is 40.3 Å². The maximum atomic E-state index is 10.7. The minimum absolute atomic E-state index is 0.107. The Morgan fingerprint density at radius 1 is 1.50 bits per heavy atom. The van der Waals surface area contributed by atoms with Gasteiger partial charge >= 0.3 is 0 Å². The number of carbonyl (C=O) groups excluding carboxylic acids is 1. The van der Waals surface area contributed by atoms with E-state index in [9.17, 15) is 4.79 Å². The van der Waals surface area contributed by atoms with Crippen molar-refractivity contribution in [2.24, 2.45) is 0 Å². The molecule has 1 heterocycles. The molecule has 0 saturated carbocycles. The first-order valence-electron chi connectivity index (χ1n) is 4.05. The van der Waals surface area contributed by atoms with E-state index < -0.39 is 0 Å². The molecule has 1 aromatic heterocycles. The van der Waals surface area contributed by atoms with E-state index in [1.807, 2.05) is 11.4 Å². The average Bonchev–Trinajstić information content (AvgIpc) is 2.58. The van der Waals surface area contributed by atoms with Gasteiger partial charge in [0.25, 0.3) is 0 Å². The molecule has 0 aliphatic carbocycles. The lowest BCUT2D eigenvalue weighted by molar-refractivity contribution is 0.112. The van der Waals surface area contributed by atoms with E-state index >= 15 is 0 Å². The van der Waals surface area contributed by atoms with Gasteiger partial charge in [0.15, 0.2) is 0 Å². The van der Waals surface area contributed by atoms with Crippen LogP contribution in [-0.2, 0) is 6.61 Å². The van der Waals surface area contributed by atoms with Crippen LogP contribution >= 0.6 is 24.0 Å². The van der Waals surface area contributed by atoms with Crippen LogP contribution in [-0.4, -0.2) is 11.4 Å². The summed E-state index contributed by atoms with van der Waals surface area (Å²) in [5, 5.41) is 11.9. The molecule has 0 spiro atoms. The third-order valence-electron chi connectivity index (χ3n) is 2.11. The molecule has 0 unspecified atom stereocenters. The van der Waals surface area contributed by atoms with Gasteiger partial charge in [0.2, 0.25) is 0 Å². The molecule has 0 saturated heterocycles. The lowest BCUT2D eigenvalue weighted by Crippen LogP contribution is -1.91. The van der Waals surface area contributed by atoms with Crippen molar-refractivity contribution < 1.29 is 9.90 Å². The molecule has 2 aromatic rings. The van der Waals surface area contributed by atoms with Crippen LogP contribution in [0.5, 0.6) is 0 Å². The predicted molar refractivity (Wildman–Crippen MR) is 60.4 cm³/mol. The van der Waals surface area contributed by atoms with Crippen LogP contribution in [0.25, 0.3) is 10.1 Å². The van der Waals surface area contributed by atoms with Crippen LogP contribution in [0.15, 0.2) is 22.4 Å². The number of thiophene rings is 1. The summed E-state index contributed by atoms with van der Waals surface area (Å²) in [4.78, 5) is 11.6. The lowest BCUT2D eigenvalue weighted by atomic mass is 10.1. The maximum Gasteiger partial charge on any atom is 0.150 e. The number of aliphatic hydroxyl groups is 1. The summed E-state index contributed by atoms with van der Waals surface area (Å²) in [7, 11) is 0. The van der Waals surface area contributed by atoms with Gasteiger partial charge in [-0.15, -0.1) is 24.0 Å². The average molecular weight is 224 g/mol. The van der Waals surface area contributed by atoms with E-state index in [1.54, 1.807) is 17.4 Å². The Bertz CT molecular complexity index is 488. The van der Waals surface area contributed by atoms with Crippen LogP contribution in [0.3, 0.4) is 0 Å². The molecule has 0 radical (unpaired) electrons. The second kappa shape index (κ2) is 3.73. The predicted octanol–water partition coefficient (Wildman–Crippen LogP) is 2.49. The van der Waals surface area contributed by atoms with Gasteiger partial charge in [-0.25, -0.2) is 0 Å². The Morgan fingerprint density at radius 2 is 2.29 bits per heavy atom. The summed E-state index contributed by atoms with van der Waals surface area (Å²) >= 11 is 5.84. The normalized spacial score (nSPS) is 10.7. The summed E-state index contributed by atoms with van der Waals surface area (Å²) < 4.78 is 1.05. The first kappa shape index (κ1) is 9.71. The van der Waals surface area contributed by atoms with Gasteiger partial charge in [-0.3, -0.25) is 4.79 Å². The topological polar surface area (TPSA) is 37.3 Å². The van der Waals surface area contributed by atoms with Crippen molar-refractivity contribution in [2.75, 3.05) is 0 Å². The van der Waals surface area contributed by atoms with Crippen molar-refractivity contribution in [2.45, 2.75) is 11.5 Å². The Hall–Kier alpha value is -0.840. The van der Waals surface area contributed by atoms with E-state index in [-0.39, 0.29) is 6.61 Å². The van der Waals surface area contributed by atoms with Gasteiger partial charge in [0, 0.05) is 25.9 Å². The fourth-order valence-corrected chi connectivity index (χ4v) is 2.66. The molecule has 4 heteroatoms. The largest absolute Gasteiger partial charge is 0.392 e. The highest BCUT2D eigenvalue weighted by Crippen LogP contribution is 2.30. The van der Waals surface area contributed by atoms with Crippen LogP contribution in [0.2, 0.25) is 0 Å². The molecule has 0 atom stereocenters. The third kappa shape index (κ3) is 1.45. The Kier molecular flexibility index (Phi) is 2.58.